The molecule has 1 aromatic carbocycles. The van der Waals surface area contributed by atoms with Crippen LogP contribution in [0.5, 0.6) is 0 Å². The van der Waals surface area contributed by atoms with Crippen LogP contribution >= 0.6 is 11.3 Å². The molecule has 1 aliphatic carbocycles. The molecule has 0 saturated heterocycles. The molecule has 2 aliphatic rings. The van der Waals surface area contributed by atoms with Crippen molar-refractivity contribution < 1.29 is 30.0 Å². The van der Waals surface area contributed by atoms with Crippen molar-refractivity contribution in [3.63, 3.8) is 0 Å². The van der Waals surface area contributed by atoms with Gasteiger partial charge in [-0.25, -0.2) is 16.8 Å². The number of benzene rings is 1. The van der Waals surface area contributed by atoms with E-state index in [1.54, 1.807) is 0 Å². The van der Waals surface area contributed by atoms with Crippen molar-refractivity contribution in [1.82, 2.24) is 29.0 Å². The molecule has 5 rings (SSSR count). The second-order valence-electron chi connectivity index (χ2n) is 10.3. The summed E-state index contributed by atoms with van der Waals surface area (Å²) in [5, 5.41) is 28.7. The summed E-state index contributed by atoms with van der Waals surface area (Å²) < 4.78 is 97.4. The Morgan fingerprint density at radius 3 is 2.38 bits per heavy atom. The topological polar surface area (TPSA) is 175 Å². The van der Waals surface area contributed by atoms with Crippen LogP contribution in [0.1, 0.15) is 43.7 Å². The normalized spacial score (nSPS) is 17.9. The van der Waals surface area contributed by atoms with E-state index in [0.717, 1.165) is 0 Å². The first-order valence-corrected chi connectivity index (χ1v) is 16.3. The third-order valence-electron chi connectivity index (χ3n) is 7.11. The zero-order valence-corrected chi connectivity index (χ0v) is 24.8. The number of hydrogen-bond donors (Lipinski definition) is 1. The molecule has 1 fully saturated rings. The lowest BCUT2D eigenvalue weighted by Crippen LogP contribution is -2.40. The van der Waals surface area contributed by atoms with E-state index in [1.165, 1.54) is 42.0 Å². The molecular weight excluding hydrogens is 618 g/mol. The highest BCUT2D eigenvalue weighted by molar-refractivity contribution is 7.90. The molecule has 0 amide bonds. The van der Waals surface area contributed by atoms with E-state index in [4.69, 9.17) is 0 Å². The number of alkyl halides is 3. The molecule has 0 atom stereocenters. The third-order valence-corrected chi connectivity index (χ3v) is 11.8. The van der Waals surface area contributed by atoms with Crippen molar-refractivity contribution in [3.05, 3.63) is 28.3 Å². The quantitative estimate of drug-likeness (QED) is 0.407. The molecule has 0 spiro atoms. The molecular formula is C24H23F3N8O4S3. The van der Waals surface area contributed by atoms with Crippen LogP contribution in [0.3, 0.4) is 0 Å². The van der Waals surface area contributed by atoms with Crippen LogP contribution in [-0.4, -0.2) is 65.0 Å². The second kappa shape index (κ2) is 10.1. The van der Waals surface area contributed by atoms with Gasteiger partial charge in [-0.2, -0.15) is 37.8 Å². The Morgan fingerprint density at radius 2 is 1.83 bits per heavy atom. The van der Waals surface area contributed by atoms with Gasteiger partial charge in [0.1, 0.15) is 11.2 Å². The molecule has 3 heterocycles. The van der Waals surface area contributed by atoms with Gasteiger partial charge in [0, 0.05) is 36.7 Å². The number of nitrogens with zero attached hydrogens (tertiary/aromatic N) is 7. The smallest absolute Gasteiger partial charge is 0.267 e. The van der Waals surface area contributed by atoms with Gasteiger partial charge in [-0.1, -0.05) is 11.3 Å². The highest BCUT2D eigenvalue weighted by atomic mass is 32.2. The van der Waals surface area contributed by atoms with Gasteiger partial charge >= 0.3 is 6.18 Å². The van der Waals surface area contributed by atoms with Crippen LogP contribution in [-0.2, 0) is 33.3 Å². The first kappa shape index (κ1) is 30.1. The lowest BCUT2D eigenvalue weighted by molar-refractivity contribution is -0.138. The minimum absolute atomic E-state index is 0.0192. The molecule has 2 aromatic heterocycles. The SMILES string of the molecule is CC(C)S(=O)(=O)N1CCC(c2cc(S(=O)(=O)NC3(C#N)CC3)cc3c(-c4nnc(C(F)(F)F)s4)nn(C)c23)=C(C#N)C1. The predicted molar refractivity (Wildman–Crippen MR) is 145 cm³/mol. The van der Waals surface area contributed by atoms with Gasteiger partial charge in [0.05, 0.1) is 27.8 Å². The van der Waals surface area contributed by atoms with E-state index in [-0.39, 0.29) is 63.0 Å². The van der Waals surface area contributed by atoms with Gasteiger partial charge < -0.3 is 0 Å². The minimum Gasteiger partial charge on any atom is -0.267 e. The molecule has 12 nitrogen and oxygen atoms in total. The zero-order chi connectivity index (χ0) is 30.8. The fraction of sp³-hybridized carbons (Fsp3) is 0.458. The molecule has 222 valence electrons. The van der Waals surface area contributed by atoms with Gasteiger partial charge in [0.25, 0.3) is 0 Å². The fourth-order valence-electron chi connectivity index (χ4n) is 4.70. The fourth-order valence-corrected chi connectivity index (χ4v) is 8.09. The van der Waals surface area contributed by atoms with Crippen molar-refractivity contribution in [3.8, 4) is 22.8 Å². The van der Waals surface area contributed by atoms with E-state index < -0.39 is 42.0 Å². The Morgan fingerprint density at radius 1 is 1.14 bits per heavy atom. The number of halogens is 3. The van der Waals surface area contributed by atoms with Gasteiger partial charge in [-0.05, 0) is 50.8 Å². The van der Waals surface area contributed by atoms with Crippen molar-refractivity contribution in [1.29, 1.82) is 10.5 Å². The third kappa shape index (κ3) is 5.18. The summed E-state index contributed by atoms with van der Waals surface area (Å²) in [6.07, 6.45) is -4.08. The van der Waals surface area contributed by atoms with Gasteiger partial charge in [0.15, 0.2) is 5.01 Å². The molecule has 1 aliphatic heterocycles. The molecule has 0 bridgehead atoms. The lowest BCUT2D eigenvalue weighted by atomic mass is 9.93. The molecule has 1 saturated carbocycles. The number of rotatable bonds is 7. The highest BCUT2D eigenvalue weighted by Gasteiger charge is 2.47. The van der Waals surface area contributed by atoms with E-state index in [1.807, 2.05) is 12.1 Å². The van der Waals surface area contributed by atoms with Crippen LogP contribution in [0.25, 0.3) is 27.2 Å². The number of fused-ring (bicyclic) bond motifs is 1. The average molecular weight is 641 g/mol. The van der Waals surface area contributed by atoms with E-state index in [9.17, 15) is 40.5 Å². The van der Waals surface area contributed by atoms with Crippen LogP contribution < -0.4 is 4.72 Å². The van der Waals surface area contributed by atoms with Crippen molar-refractivity contribution in [2.75, 3.05) is 13.1 Å². The molecule has 0 unspecified atom stereocenters. The molecule has 18 heteroatoms. The van der Waals surface area contributed by atoms with Gasteiger partial charge in [-0.15, -0.1) is 10.2 Å². The van der Waals surface area contributed by atoms with Gasteiger partial charge in [-0.3, -0.25) is 4.68 Å². The summed E-state index contributed by atoms with van der Waals surface area (Å²) in [5.41, 5.74) is -0.312. The van der Waals surface area contributed by atoms with E-state index in [2.05, 4.69) is 20.0 Å². The average Bonchev–Trinajstić information content (AvgIpc) is 3.34. The van der Waals surface area contributed by atoms with Gasteiger partial charge in [0.2, 0.25) is 25.1 Å². The minimum atomic E-state index is -4.75. The monoisotopic (exact) mass is 640 g/mol. The predicted octanol–water partition coefficient (Wildman–Crippen LogP) is 3.17. The Labute approximate surface area is 243 Å². The number of hydrogen-bond acceptors (Lipinski definition) is 10. The second-order valence-corrected chi connectivity index (χ2v) is 15.4. The maximum absolute atomic E-state index is 13.5. The van der Waals surface area contributed by atoms with Crippen molar-refractivity contribution >= 4 is 47.9 Å². The number of sulfonamides is 2. The lowest BCUT2D eigenvalue weighted by Gasteiger charge is -2.29. The summed E-state index contributed by atoms with van der Waals surface area (Å²) >= 11 is 0.241. The molecule has 3 aromatic rings. The Hall–Kier alpha value is -3.42. The summed E-state index contributed by atoms with van der Waals surface area (Å²) in [6.45, 7) is 2.82. The number of nitrogens with one attached hydrogen (secondary N) is 1. The zero-order valence-electron chi connectivity index (χ0n) is 22.4. The summed E-state index contributed by atoms with van der Waals surface area (Å²) in [4.78, 5) is -0.302. The van der Waals surface area contributed by atoms with E-state index >= 15 is 0 Å². The van der Waals surface area contributed by atoms with Crippen LogP contribution in [0.4, 0.5) is 13.2 Å². The number of aryl methyl sites for hydroxylation is 1. The highest BCUT2D eigenvalue weighted by Crippen LogP contribution is 2.42. The summed E-state index contributed by atoms with van der Waals surface area (Å²) in [6, 6.07) is 6.54. The Bertz CT molecular complexity index is 1940. The van der Waals surface area contributed by atoms with Crippen molar-refractivity contribution in [2.24, 2.45) is 7.05 Å². The van der Waals surface area contributed by atoms with Crippen LogP contribution in [0.2, 0.25) is 0 Å². The standard InChI is InChI=1S/C24H23F3N8O4S3/c1-13(2)42(38,39)35-7-4-16(14(10-28)11-35)17-8-15(41(36,37)33-23(12-29)5-6-23)9-18-19(32-34(3)20(17)18)21-30-31-22(40-21)24(25,26)27/h8-9,13,33H,4-7,11H2,1-3H3. The first-order chi connectivity index (χ1) is 19.5. The summed E-state index contributed by atoms with van der Waals surface area (Å²) in [7, 11) is -6.52. The molecule has 0 radical (unpaired) electrons. The largest absolute Gasteiger partial charge is 0.445 e. The molecule has 42 heavy (non-hydrogen) atoms. The van der Waals surface area contributed by atoms with Crippen LogP contribution in [0, 0.1) is 22.7 Å². The Balaban J connectivity index is 1.75. The maximum Gasteiger partial charge on any atom is 0.445 e. The Kier molecular flexibility index (Phi) is 7.22. The molecule has 1 N–H and O–H groups in total. The first-order valence-electron chi connectivity index (χ1n) is 12.5. The number of aromatic nitrogens is 4. The van der Waals surface area contributed by atoms with Crippen molar-refractivity contribution in [2.45, 2.75) is 55.0 Å². The summed E-state index contributed by atoms with van der Waals surface area (Å²) in [5.74, 6) is 0. The van der Waals surface area contributed by atoms with Crippen LogP contribution in [0.15, 0.2) is 22.6 Å². The maximum atomic E-state index is 13.5. The number of nitriles is 2. The van der Waals surface area contributed by atoms with E-state index in [0.29, 0.717) is 23.9 Å².